The lowest BCUT2D eigenvalue weighted by Crippen LogP contribution is -2.30. The number of nitrogens with zero attached hydrogens (tertiary/aromatic N) is 1. The van der Waals surface area contributed by atoms with Crippen molar-refractivity contribution in [3.05, 3.63) is 51.7 Å². The maximum Gasteiger partial charge on any atom is 0.335 e. The number of carboxylic acids is 1. The maximum atomic E-state index is 12.3. The van der Waals surface area contributed by atoms with Gasteiger partial charge in [-0.05, 0) is 41.6 Å². The van der Waals surface area contributed by atoms with Gasteiger partial charge in [-0.1, -0.05) is 6.07 Å². The number of thiophene rings is 1. The van der Waals surface area contributed by atoms with Gasteiger partial charge in [0, 0.05) is 17.1 Å². The Morgan fingerprint density at radius 2 is 2.15 bits per heavy atom. The summed E-state index contributed by atoms with van der Waals surface area (Å²) in [5, 5.41) is 10.9. The van der Waals surface area contributed by atoms with Crippen molar-refractivity contribution in [2.75, 3.05) is 11.4 Å². The maximum absolute atomic E-state index is 12.3. The molecule has 1 aliphatic heterocycles. The third kappa shape index (κ3) is 2.32. The van der Waals surface area contributed by atoms with Gasteiger partial charge >= 0.3 is 5.97 Å². The molecule has 1 amide bonds. The normalized spacial score (nSPS) is 13.3. The van der Waals surface area contributed by atoms with Crippen LogP contribution >= 0.6 is 11.3 Å². The Morgan fingerprint density at radius 3 is 2.85 bits per heavy atom. The standard InChI is InChI=1S/C15H13NO3S/c17-14(9-12-2-1-7-20-12)16-6-5-10-8-11(15(18)19)3-4-13(10)16/h1-4,7-8H,5-6,9H2,(H,18,19). The zero-order valence-corrected chi connectivity index (χ0v) is 11.5. The average Bonchev–Trinajstić information content (AvgIpc) is 3.06. The first-order valence-electron chi connectivity index (χ1n) is 6.34. The van der Waals surface area contributed by atoms with Crippen LogP contribution in [0.25, 0.3) is 0 Å². The van der Waals surface area contributed by atoms with Crippen LogP contribution in [-0.2, 0) is 17.6 Å². The van der Waals surface area contributed by atoms with E-state index in [1.54, 1.807) is 34.4 Å². The topological polar surface area (TPSA) is 57.6 Å². The SMILES string of the molecule is O=C(O)c1ccc2c(c1)CCN2C(=O)Cc1cccs1. The summed E-state index contributed by atoms with van der Waals surface area (Å²) in [5.41, 5.74) is 2.05. The van der Waals surface area contributed by atoms with E-state index < -0.39 is 5.97 Å². The lowest BCUT2D eigenvalue weighted by molar-refractivity contribution is -0.117. The van der Waals surface area contributed by atoms with Crippen LogP contribution in [0.4, 0.5) is 5.69 Å². The van der Waals surface area contributed by atoms with Gasteiger partial charge in [0.15, 0.2) is 0 Å². The Bertz CT molecular complexity index is 664. The van der Waals surface area contributed by atoms with Crippen LogP contribution in [0.2, 0.25) is 0 Å². The van der Waals surface area contributed by atoms with Gasteiger partial charge in [-0.15, -0.1) is 11.3 Å². The highest BCUT2D eigenvalue weighted by Gasteiger charge is 2.25. The van der Waals surface area contributed by atoms with E-state index in [4.69, 9.17) is 5.11 Å². The number of hydrogen-bond acceptors (Lipinski definition) is 3. The van der Waals surface area contributed by atoms with E-state index in [0.29, 0.717) is 19.4 Å². The van der Waals surface area contributed by atoms with Gasteiger partial charge in [-0.2, -0.15) is 0 Å². The highest BCUT2D eigenvalue weighted by molar-refractivity contribution is 7.10. The minimum Gasteiger partial charge on any atom is -0.478 e. The Morgan fingerprint density at radius 1 is 1.30 bits per heavy atom. The molecule has 1 aromatic carbocycles. The van der Waals surface area contributed by atoms with Crippen molar-refractivity contribution in [3.8, 4) is 0 Å². The summed E-state index contributed by atoms with van der Waals surface area (Å²) in [7, 11) is 0. The van der Waals surface area contributed by atoms with Crippen molar-refractivity contribution in [1.29, 1.82) is 0 Å². The predicted molar refractivity (Wildman–Crippen MR) is 77.5 cm³/mol. The van der Waals surface area contributed by atoms with Crippen molar-refractivity contribution < 1.29 is 14.7 Å². The van der Waals surface area contributed by atoms with Crippen LogP contribution in [0.5, 0.6) is 0 Å². The van der Waals surface area contributed by atoms with Gasteiger partial charge in [0.05, 0.1) is 12.0 Å². The van der Waals surface area contributed by atoms with Crippen LogP contribution in [0.15, 0.2) is 35.7 Å². The minimum absolute atomic E-state index is 0.0641. The molecule has 0 spiro atoms. The van der Waals surface area contributed by atoms with Gasteiger partial charge in [0.2, 0.25) is 5.91 Å². The Kier molecular flexibility index (Phi) is 3.28. The zero-order chi connectivity index (χ0) is 14.1. The molecule has 0 saturated heterocycles. The fraction of sp³-hybridized carbons (Fsp3) is 0.200. The molecule has 5 heteroatoms. The molecule has 3 rings (SSSR count). The van der Waals surface area contributed by atoms with Crippen molar-refractivity contribution in [2.45, 2.75) is 12.8 Å². The Labute approximate surface area is 120 Å². The van der Waals surface area contributed by atoms with E-state index >= 15 is 0 Å². The molecule has 102 valence electrons. The summed E-state index contributed by atoms with van der Waals surface area (Å²) in [4.78, 5) is 26.1. The summed E-state index contributed by atoms with van der Waals surface area (Å²) in [6, 6.07) is 8.84. The number of anilines is 1. The first-order chi connectivity index (χ1) is 9.65. The lowest BCUT2D eigenvalue weighted by Gasteiger charge is -2.17. The van der Waals surface area contributed by atoms with E-state index in [-0.39, 0.29) is 11.5 Å². The van der Waals surface area contributed by atoms with E-state index in [1.807, 2.05) is 17.5 Å². The van der Waals surface area contributed by atoms with Gasteiger partial charge in [-0.25, -0.2) is 4.79 Å². The number of hydrogen-bond donors (Lipinski definition) is 1. The minimum atomic E-state index is -0.934. The molecule has 20 heavy (non-hydrogen) atoms. The fourth-order valence-corrected chi connectivity index (χ4v) is 3.15. The first-order valence-corrected chi connectivity index (χ1v) is 7.22. The van der Waals surface area contributed by atoms with E-state index in [1.165, 1.54) is 0 Å². The molecule has 0 unspecified atom stereocenters. The summed E-state index contributed by atoms with van der Waals surface area (Å²) >= 11 is 1.57. The molecular weight excluding hydrogens is 274 g/mol. The number of carboxylic acid groups (broad SMARTS) is 1. The monoisotopic (exact) mass is 287 g/mol. The first kappa shape index (κ1) is 12.9. The molecular formula is C15H13NO3S. The summed E-state index contributed by atoms with van der Waals surface area (Å²) in [5.74, 6) is -0.870. The third-order valence-corrected chi connectivity index (χ3v) is 4.30. The molecule has 1 N–H and O–H groups in total. The molecule has 0 aliphatic carbocycles. The number of rotatable bonds is 3. The van der Waals surface area contributed by atoms with Crippen LogP contribution in [-0.4, -0.2) is 23.5 Å². The second-order valence-corrected chi connectivity index (χ2v) is 5.73. The van der Waals surface area contributed by atoms with Gasteiger partial charge < -0.3 is 10.0 Å². The van der Waals surface area contributed by atoms with Crippen LogP contribution in [0.3, 0.4) is 0 Å². The second-order valence-electron chi connectivity index (χ2n) is 4.70. The molecule has 0 fully saturated rings. The lowest BCUT2D eigenvalue weighted by atomic mass is 10.1. The molecule has 0 saturated carbocycles. The van der Waals surface area contributed by atoms with Crippen molar-refractivity contribution in [2.24, 2.45) is 0 Å². The summed E-state index contributed by atoms with van der Waals surface area (Å²) < 4.78 is 0. The molecule has 1 aliphatic rings. The van der Waals surface area contributed by atoms with Crippen LogP contribution < -0.4 is 4.90 Å². The molecule has 1 aromatic heterocycles. The Balaban J connectivity index is 1.82. The van der Waals surface area contributed by atoms with E-state index in [9.17, 15) is 9.59 Å². The number of amides is 1. The molecule has 2 aromatic rings. The van der Waals surface area contributed by atoms with Gasteiger partial charge in [0.25, 0.3) is 0 Å². The van der Waals surface area contributed by atoms with E-state index in [2.05, 4.69) is 0 Å². The largest absolute Gasteiger partial charge is 0.478 e. The molecule has 2 heterocycles. The van der Waals surface area contributed by atoms with Gasteiger partial charge in [-0.3, -0.25) is 4.79 Å². The van der Waals surface area contributed by atoms with Crippen LogP contribution in [0.1, 0.15) is 20.8 Å². The summed E-state index contributed by atoms with van der Waals surface area (Å²) in [6.45, 7) is 0.628. The number of carbonyl (C=O) groups is 2. The molecule has 0 bridgehead atoms. The predicted octanol–water partition coefficient (Wildman–Crippen LogP) is 2.58. The van der Waals surface area contributed by atoms with Crippen molar-refractivity contribution in [1.82, 2.24) is 0 Å². The highest BCUT2D eigenvalue weighted by Crippen LogP contribution is 2.29. The zero-order valence-electron chi connectivity index (χ0n) is 10.7. The Hall–Kier alpha value is -2.14. The third-order valence-electron chi connectivity index (χ3n) is 3.43. The van der Waals surface area contributed by atoms with Crippen molar-refractivity contribution >= 4 is 28.9 Å². The quantitative estimate of drug-likeness (QED) is 0.944. The van der Waals surface area contributed by atoms with E-state index in [0.717, 1.165) is 16.1 Å². The average molecular weight is 287 g/mol. The van der Waals surface area contributed by atoms with Crippen LogP contribution in [0, 0.1) is 0 Å². The molecule has 4 nitrogen and oxygen atoms in total. The second kappa shape index (κ2) is 5.09. The number of carbonyl (C=O) groups excluding carboxylic acids is 1. The molecule has 0 atom stereocenters. The van der Waals surface area contributed by atoms with Gasteiger partial charge in [0.1, 0.15) is 0 Å². The number of benzene rings is 1. The number of aromatic carboxylic acids is 1. The van der Waals surface area contributed by atoms with Crippen molar-refractivity contribution in [3.63, 3.8) is 0 Å². The summed E-state index contributed by atoms with van der Waals surface area (Å²) in [6.07, 6.45) is 1.12. The molecule has 0 radical (unpaired) electrons. The highest BCUT2D eigenvalue weighted by atomic mass is 32.1. The fourth-order valence-electron chi connectivity index (χ4n) is 2.45. The smallest absolute Gasteiger partial charge is 0.335 e. The number of fused-ring (bicyclic) bond motifs is 1.